The summed E-state index contributed by atoms with van der Waals surface area (Å²) in [5.41, 5.74) is 0.838. The molecular weight excluding hydrogens is 130 g/mol. The zero-order chi connectivity index (χ0) is 6.97. The predicted molar refractivity (Wildman–Crippen MR) is 34.1 cm³/mol. The van der Waals surface area contributed by atoms with Gasteiger partial charge in [-0.05, 0) is 17.7 Å². The van der Waals surface area contributed by atoms with Crippen molar-refractivity contribution in [1.82, 2.24) is 5.17 Å². The predicted octanol–water partition coefficient (Wildman–Crippen LogP) is 1.27. The summed E-state index contributed by atoms with van der Waals surface area (Å²) >= 11 is 0. The maximum absolute atomic E-state index is 9.02. The molecule has 1 atom stereocenters. The lowest BCUT2D eigenvalue weighted by molar-refractivity contribution is -0.108. The Morgan fingerprint density at radius 3 is 3.40 bits per heavy atom. The molecule has 0 amide bonds. The number of fused-ring (bicyclic) bond motifs is 1. The number of rotatable bonds is 0. The smallest absolute Gasteiger partial charge is 0.124 e. The first-order valence-electron chi connectivity index (χ1n) is 3.14. The van der Waals surface area contributed by atoms with Gasteiger partial charge in [-0.25, -0.2) is 0 Å². The lowest BCUT2D eigenvalue weighted by Crippen LogP contribution is -2.24. The molecule has 0 spiro atoms. The van der Waals surface area contributed by atoms with Gasteiger partial charge in [-0.15, -0.1) is 10.3 Å². The average Bonchev–Trinajstić information content (AvgIpc) is 2.34. The van der Waals surface area contributed by atoms with E-state index in [1.165, 1.54) is 0 Å². The molecule has 1 N–H and O–H groups in total. The Hall–Kier alpha value is -1.16. The van der Waals surface area contributed by atoms with Crippen LogP contribution in [0.4, 0.5) is 0 Å². The third-order valence-electron chi connectivity index (χ3n) is 1.63. The minimum atomic E-state index is -0.0370. The van der Waals surface area contributed by atoms with Gasteiger partial charge < -0.3 is 0 Å². The Balaban J connectivity index is 2.30. The van der Waals surface area contributed by atoms with Crippen molar-refractivity contribution >= 4 is 0 Å². The summed E-state index contributed by atoms with van der Waals surface area (Å²) in [6, 6.07) is -0.0370. The maximum atomic E-state index is 9.02. The molecule has 0 aromatic heterocycles. The summed E-state index contributed by atoms with van der Waals surface area (Å²) in [5, 5.41) is 17.2. The lowest BCUT2D eigenvalue weighted by atomic mass is 10.1. The van der Waals surface area contributed by atoms with Crippen molar-refractivity contribution < 1.29 is 5.21 Å². The summed E-state index contributed by atoms with van der Waals surface area (Å²) in [6.07, 6.45) is 6.54. The summed E-state index contributed by atoms with van der Waals surface area (Å²) in [5.74, 6) is 0. The van der Waals surface area contributed by atoms with Crippen molar-refractivity contribution in [2.24, 2.45) is 10.3 Å². The van der Waals surface area contributed by atoms with E-state index in [0.717, 1.165) is 17.3 Å². The molecule has 0 saturated carbocycles. The average molecular weight is 137 g/mol. The molecule has 0 saturated heterocycles. The Bertz CT molecular complexity index is 231. The molecule has 4 nitrogen and oxygen atoms in total. The molecule has 2 aliphatic rings. The molecule has 0 aromatic carbocycles. The van der Waals surface area contributed by atoms with Crippen molar-refractivity contribution in [2.45, 2.75) is 12.5 Å². The van der Waals surface area contributed by atoms with E-state index in [4.69, 9.17) is 5.21 Å². The normalized spacial score (nSPS) is 28.7. The first-order valence-corrected chi connectivity index (χ1v) is 3.14. The Morgan fingerprint density at radius 2 is 2.60 bits per heavy atom. The van der Waals surface area contributed by atoms with Gasteiger partial charge in [0.2, 0.25) is 0 Å². The van der Waals surface area contributed by atoms with Gasteiger partial charge in [-0.2, -0.15) is 0 Å². The molecule has 0 bridgehead atoms. The van der Waals surface area contributed by atoms with Gasteiger partial charge in [-0.3, -0.25) is 5.21 Å². The van der Waals surface area contributed by atoms with E-state index in [1.807, 2.05) is 18.2 Å². The third-order valence-corrected chi connectivity index (χ3v) is 1.63. The van der Waals surface area contributed by atoms with E-state index in [0.29, 0.717) is 0 Å². The van der Waals surface area contributed by atoms with Crippen LogP contribution >= 0.6 is 0 Å². The van der Waals surface area contributed by atoms with Gasteiger partial charge in [0.1, 0.15) is 6.04 Å². The second kappa shape index (κ2) is 1.91. The fraction of sp³-hybridized carbons (Fsp3) is 0.333. The van der Waals surface area contributed by atoms with Gasteiger partial charge in [0.05, 0.1) is 5.70 Å². The van der Waals surface area contributed by atoms with Gasteiger partial charge in [0.15, 0.2) is 0 Å². The van der Waals surface area contributed by atoms with Crippen molar-refractivity contribution in [3.8, 4) is 0 Å². The largest absolute Gasteiger partial charge is 0.270 e. The van der Waals surface area contributed by atoms with Gasteiger partial charge in [0.25, 0.3) is 0 Å². The summed E-state index contributed by atoms with van der Waals surface area (Å²) < 4.78 is 0. The van der Waals surface area contributed by atoms with Crippen LogP contribution in [0.25, 0.3) is 0 Å². The lowest BCUT2D eigenvalue weighted by Gasteiger charge is -2.14. The van der Waals surface area contributed by atoms with Crippen LogP contribution in [0.3, 0.4) is 0 Å². The first kappa shape index (κ1) is 5.61. The van der Waals surface area contributed by atoms with Crippen LogP contribution in [0.1, 0.15) is 6.42 Å². The van der Waals surface area contributed by atoms with E-state index in [1.54, 1.807) is 0 Å². The summed E-state index contributed by atoms with van der Waals surface area (Å²) in [6.45, 7) is 0. The van der Waals surface area contributed by atoms with E-state index < -0.39 is 0 Å². The van der Waals surface area contributed by atoms with Crippen LogP contribution in [-0.2, 0) is 0 Å². The molecule has 1 aliphatic carbocycles. The van der Waals surface area contributed by atoms with E-state index in [-0.39, 0.29) is 6.04 Å². The minimum absolute atomic E-state index is 0.0370. The van der Waals surface area contributed by atoms with Gasteiger partial charge in [0, 0.05) is 0 Å². The molecule has 0 radical (unpaired) electrons. The van der Waals surface area contributed by atoms with Crippen LogP contribution in [0.5, 0.6) is 0 Å². The van der Waals surface area contributed by atoms with Crippen LogP contribution in [0.15, 0.2) is 34.3 Å². The van der Waals surface area contributed by atoms with Gasteiger partial charge in [-0.1, -0.05) is 12.2 Å². The Morgan fingerprint density at radius 1 is 1.70 bits per heavy atom. The van der Waals surface area contributed by atoms with E-state index >= 15 is 0 Å². The molecule has 1 aliphatic heterocycles. The van der Waals surface area contributed by atoms with E-state index in [2.05, 4.69) is 10.3 Å². The molecule has 10 heavy (non-hydrogen) atoms. The highest BCUT2D eigenvalue weighted by Crippen LogP contribution is 2.24. The molecule has 1 heterocycles. The number of allylic oxidation sites excluding steroid dienone is 2. The second-order valence-corrected chi connectivity index (χ2v) is 2.28. The molecule has 2 rings (SSSR count). The fourth-order valence-electron chi connectivity index (χ4n) is 1.08. The van der Waals surface area contributed by atoms with Crippen LogP contribution in [-0.4, -0.2) is 16.4 Å². The number of hydrogen-bond donors (Lipinski definition) is 1. The maximum Gasteiger partial charge on any atom is 0.124 e. The van der Waals surface area contributed by atoms with Crippen LogP contribution in [0.2, 0.25) is 0 Å². The highest BCUT2D eigenvalue weighted by atomic mass is 16.5. The summed E-state index contributed by atoms with van der Waals surface area (Å²) in [7, 11) is 0. The monoisotopic (exact) mass is 137 g/mol. The van der Waals surface area contributed by atoms with Crippen molar-refractivity contribution in [3.05, 3.63) is 23.9 Å². The third kappa shape index (κ3) is 0.657. The Kier molecular flexibility index (Phi) is 1.07. The topological polar surface area (TPSA) is 48.2 Å². The highest BCUT2D eigenvalue weighted by Gasteiger charge is 2.25. The van der Waals surface area contributed by atoms with Gasteiger partial charge >= 0.3 is 0 Å². The van der Waals surface area contributed by atoms with Crippen LogP contribution < -0.4 is 0 Å². The number of hydroxylamine groups is 1. The quantitative estimate of drug-likeness (QED) is 0.546. The van der Waals surface area contributed by atoms with Crippen molar-refractivity contribution in [2.75, 3.05) is 0 Å². The zero-order valence-electron chi connectivity index (χ0n) is 5.31. The standard InChI is InChI=1S/C6H7N3O/c10-9-6-4-2-1-3-5(6)7-8-9/h1-3,6,10H,4H2. The second-order valence-electron chi connectivity index (χ2n) is 2.28. The highest BCUT2D eigenvalue weighted by molar-refractivity contribution is 5.23. The van der Waals surface area contributed by atoms with Crippen molar-refractivity contribution in [1.29, 1.82) is 0 Å². The minimum Gasteiger partial charge on any atom is -0.270 e. The fourth-order valence-corrected chi connectivity index (χ4v) is 1.08. The van der Waals surface area contributed by atoms with Crippen LogP contribution in [0, 0.1) is 0 Å². The Labute approximate surface area is 58.1 Å². The van der Waals surface area contributed by atoms with E-state index in [9.17, 15) is 0 Å². The first-order chi connectivity index (χ1) is 4.88. The molecule has 52 valence electrons. The summed E-state index contributed by atoms with van der Waals surface area (Å²) in [4.78, 5) is 0. The molecule has 0 aromatic rings. The molecule has 1 unspecified atom stereocenters. The molecule has 0 fully saturated rings. The number of nitrogens with zero attached hydrogens (tertiary/aromatic N) is 3. The van der Waals surface area contributed by atoms with Crippen molar-refractivity contribution in [3.63, 3.8) is 0 Å². The number of hydrogen-bond acceptors (Lipinski definition) is 4. The zero-order valence-corrected chi connectivity index (χ0v) is 5.31. The SMILES string of the molecule is ON1N=NC2=CC=CCC21. The molecule has 4 heteroatoms. The molecular formula is C6H7N3O.